The standard InChI is InChI=1S/C9H6FNO3/c10-5-1-2-7(12)4-3-6(9(13)14)11-8(4)5/h1-3,11-12H,(H,13,14). The summed E-state index contributed by atoms with van der Waals surface area (Å²) in [4.78, 5) is 12.9. The first-order valence-corrected chi connectivity index (χ1v) is 3.83. The molecule has 5 heteroatoms. The van der Waals surface area contributed by atoms with Crippen molar-refractivity contribution < 1.29 is 19.4 Å². The van der Waals surface area contributed by atoms with Crippen LogP contribution in [0, 0.1) is 5.82 Å². The van der Waals surface area contributed by atoms with Crippen LogP contribution in [-0.4, -0.2) is 21.2 Å². The van der Waals surface area contributed by atoms with E-state index in [9.17, 15) is 14.3 Å². The summed E-state index contributed by atoms with van der Waals surface area (Å²) in [6.07, 6.45) is 0. The van der Waals surface area contributed by atoms with Crippen LogP contribution in [0.5, 0.6) is 5.75 Å². The van der Waals surface area contributed by atoms with Gasteiger partial charge in [0, 0.05) is 5.39 Å². The number of nitrogens with one attached hydrogen (secondary N) is 1. The van der Waals surface area contributed by atoms with E-state index in [4.69, 9.17) is 5.11 Å². The average Bonchev–Trinajstić information content (AvgIpc) is 2.57. The van der Waals surface area contributed by atoms with E-state index in [0.29, 0.717) is 0 Å². The normalized spacial score (nSPS) is 10.6. The van der Waals surface area contributed by atoms with Crippen molar-refractivity contribution in [3.05, 3.63) is 29.7 Å². The monoisotopic (exact) mass is 195 g/mol. The highest BCUT2D eigenvalue weighted by molar-refractivity contribution is 5.96. The van der Waals surface area contributed by atoms with E-state index in [2.05, 4.69) is 4.98 Å². The Morgan fingerprint density at radius 1 is 1.43 bits per heavy atom. The molecule has 0 aliphatic carbocycles. The SMILES string of the molecule is O=C(O)c1cc2c(O)ccc(F)c2[nH]1. The molecule has 0 aliphatic rings. The lowest BCUT2D eigenvalue weighted by Gasteiger charge is -1.94. The van der Waals surface area contributed by atoms with Crippen LogP contribution >= 0.6 is 0 Å². The van der Waals surface area contributed by atoms with Gasteiger partial charge in [-0.15, -0.1) is 0 Å². The second kappa shape index (κ2) is 2.73. The van der Waals surface area contributed by atoms with Crippen LogP contribution in [-0.2, 0) is 0 Å². The van der Waals surface area contributed by atoms with E-state index >= 15 is 0 Å². The number of carboxylic acid groups (broad SMARTS) is 1. The second-order valence-electron chi connectivity index (χ2n) is 2.84. The Morgan fingerprint density at radius 2 is 2.14 bits per heavy atom. The molecule has 2 rings (SSSR count). The zero-order chi connectivity index (χ0) is 10.3. The summed E-state index contributed by atoms with van der Waals surface area (Å²) < 4.78 is 13.1. The lowest BCUT2D eigenvalue weighted by molar-refractivity contribution is 0.0691. The molecular formula is C9H6FNO3. The highest BCUT2D eigenvalue weighted by Crippen LogP contribution is 2.27. The van der Waals surface area contributed by atoms with Gasteiger partial charge in [-0.3, -0.25) is 0 Å². The number of halogens is 1. The fourth-order valence-corrected chi connectivity index (χ4v) is 1.29. The van der Waals surface area contributed by atoms with E-state index in [0.717, 1.165) is 6.07 Å². The van der Waals surface area contributed by atoms with Gasteiger partial charge in [0.25, 0.3) is 0 Å². The summed E-state index contributed by atoms with van der Waals surface area (Å²) >= 11 is 0. The smallest absolute Gasteiger partial charge is 0.352 e. The predicted molar refractivity (Wildman–Crippen MR) is 46.9 cm³/mol. The van der Waals surface area contributed by atoms with Crippen molar-refractivity contribution in [3.63, 3.8) is 0 Å². The lowest BCUT2D eigenvalue weighted by atomic mass is 10.2. The first-order valence-electron chi connectivity index (χ1n) is 3.83. The largest absolute Gasteiger partial charge is 0.507 e. The molecule has 0 saturated heterocycles. The van der Waals surface area contributed by atoms with Gasteiger partial charge in [-0.1, -0.05) is 0 Å². The number of phenols is 1. The molecule has 1 heterocycles. The number of H-pyrrole nitrogens is 1. The number of benzene rings is 1. The van der Waals surface area contributed by atoms with Crippen molar-refractivity contribution in [2.24, 2.45) is 0 Å². The fourth-order valence-electron chi connectivity index (χ4n) is 1.29. The number of carbonyl (C=O) groups is 1. The molecule has 1 aromatic carbocycles. The van der Waals surface area contributed by atoms with E-state index in [-0.39, 0.29) is 22.3 Å². The van der Waals surface area contributed by atoms with Crippen LogP contribution in [0.15, 0.2) is 18.2 Å². The Hall–Kier alpha value is -2.04. The molecule has 4 nitrogen and oxygen atoms in total. The molecule has 0 fully saturated rings. The van der Waals surface area contributed by atoms with Gasteiger partial charge in [-0.05, 0) is 18.2 Å². The van der Waals surface area contributed by atoms with Crippen LogP contribution in [0.4, 0.5) is 4.39 Å². The van der Waals surface area contributed by atoms with Crippen LogP contribution in [0.25, 0.3) is 10.9 Å². The number of phenolic OH excluding ortho intramolecular Hbond substituents is 1. The first kappa shape index (κ1) is 8.55. The maximum absolute atomic E-state index is 13.1. The minimum Gasteiger partial charge on any atom is -0.507 e. The molecule has 0 amide bonds. The molecule has 0 atom stereocenters. The van der Waals surface area contributed by atoms with E-state index in [1.54, 1.807) is 0 Å². The minimum atomic E-state index is -1.19. The van der Waals surface area contributed by atoms with Crippen molar-refractivity contribution in [2.75, 3.05) is 0 Å². The first-order chi connectivity index (χ1) is 6.59. The summed E-state index contributed by atoms with van der Waals surface area (Å²) in [5.41, 5.74) is -0.150. The number of hydrogen-bond acceptors (Lipinski definition) is 2. The summed E-state index contributed by atoms with van der Waals surface area (Å²) in [7, 11) is 0. The van der Waals surface area contributed by atoms with Crippen molar-refractivity contribution in [1.82, 2.24) is 4.98 Å². The summed E-state index contributed by atoms with van der Waals surface area (Å²) in [5, 5.41) is 18.1. The minimum absolute atomic E-state index is 0.00222. The van der Waals surface area contributed by atoms with Gasteiger partial charge in [0.2, 0.25) is 0 Å². The van der Waals surface area contributed by atoms with Gasteiger partial charge in [0.05, 0.1) is 5.52 Å². The number of hydrogen-bond donors (Lipinski definition) is 3. The Balaban J connectivity index is 2.82. The number of aromatic hydroxyl groups is 1. The zero-order valence-electron chi connectivity index (χ0n) is 6.91. The molecule has 0 saturated carbocycles. The molecule has 0 aliphatic heterocycles. The van der Waals surface area contributed by atoms with E-state index < -0.39 is 11.8 Å². The van der Waals surface area contributed by atoms with E-state index in [1.165, 1.54) is 12.1 Å². The Morgan fingerprint density at radius 3 is 2.71 bits per heavy atom. The zero-order valence-corrected chi connectivity index (χ0v) is 6.91. The quantitative estimate of drug-likeness (QED) is 0.648. The number of rotatable bonds is 1. The molecule has 3 N–H and O–H groups in total. The number of aromatic amines is 1. The Kier molecular flexibility index (Phi) is 1.67. The fraction of sp³-hybridized carbons (Fsp3) is 0. The third-order valence-electron chi connectivity index (χ3n) is 1.95. The molecule has 0 unspecified atom stereocenters. The maximum Gasteiger partial charge on any atom is 0.352 e. The predicted octanol–water partition coefficient (Wildman–Crippen LogP) is 1.71. The van der Waals surface area contributed by atoms with Gasteiger partial charge >= 0.3 is 5.97 Å². The molecule has 72 valence electrons. The molecule has 14 heavy (non-hydrogen) atoms. The second-order valence-corrected chi connectivity index (χ2v) is 2.84. The van der Waals surface area contributed by atoms with Gasteiger partial charge in [-0.2, -0.15) is 0 Å². The molecule has 0 spiro atoms. The van der Waals surface area contributed by atoms with Gasteiger partial charge in [-0.25, -0.2) is 9.18 Å². The average molecular weight is 195 g/mol. The van der Waals surface area contributed by atoms with Crippen LogP contribution in [0.1, 0.15) is 10.5 Å². The van der Waals surface area contributed by atoms with E-state index in [1.807, 2.05) is 0 Å². The number of carboxylic acids is 1. The highest BCUT2D eigenvalue weighted by Gasteiger charge is 2.12. The maximum atomic E-state index is 13.1. The topological polar surface area (TPSA) is 73.3 Å². The van der Waals surface area contributed by atoms with Gasteiger partial charge in [0.1, 0.15) is 17.3 Å². The van der Waals surface area contributed by atoms with Crippen molar-refractivity contribution in [2.45, 2.75) is 0 Å². The third-order valence-corrected chi connectivity index (χ3v) is 1.95. The molecule has 0 bridgehead atoms. The Bertz CT molecular complexity index is 479. The molecule has 2 aromatic rings. The number of aromatic carboxylic acids is 1. The highest BCUT2D eigenvalue weighted by atomic mass is 19.1. The van der Waals surface area contributed by atoms with Gasteiger partial charge < -0.3 is 15.2 Å². The third kappa shape index (κ3) is 1.10. The molecule has 0 radical (unpaired) electrons. The summed E-state index contributed by atoms with van der Waals surface area (Å²) in [5.74, 6) is -1.93. The van der Waals surface area contributed by atoms with Crippen molar-refractivity contribution in [1.29, 1.82) is 0 Å². The Labute approximate surface area is 77.6 Å². The lowest BCUT2D eigenvalue weighted by Crippen LogP contribution is -1.95. The number of fused-ring (bicyclic) bond motifs is 1. The van der Waals surface area contributed by atoms with Crippen molar-refractivity contribution in [3.8, 4) is 5.75 Å². The molecule has 1 aromatic heterocycles. The number of aromatic nitrogens is 1. The summed E-state index contributed by atoms with van der Waals surface area (Å²) in [6, 6.07) is 3.44. The summed E-state index contributed by atoms with van der Waals surface area (Å²) in [6.45, 7) is 0. The van der Waals surface area contributed by atoms with Gasteiger partial charge in [0.15, 0.2) is 0 Å². The van der Waals surface area contributed by atoms with Crippen LogP contribution < -0.4 is 0 Å². The van der Waals surface area contributed by atoms with Crippen LogP contribution in [0.2, 0.25) is 0 Å². The molecular weight excluding hydrogens is 189 g/mol. The van der Waals surface area contributed by atoms with Crippen LogP contribution in [0.3, 0.4) is 0 Å². The van der Waals surface area contributed by atoms with Crippen molar-refractivity contribution >= 4 is 16.9 Å².